The van der Waals surface area contributed by atoms with Gasteiger partial charge in [-0.05, 0) is 43.2 Å². The number of hydrogen-bond donors (Lipinski definition) is 1. The van der Waals surface area contributed by atoms with Crippen LogP contribution in [0, 0.1) is 6.92 Å². The van der Waals surface area contributed by atoms with Gasteiger partial charge in [0.25, 0.3) is 5.91 Å². The number of carbonyl (C=O) groups excluding carboxylic acids is 1. The summed E-state index contributed by atoms with van der Waals surface area (Å²) in [5, 5.41) is 6.04. The fraction of sp³-hybridized carbons (Fsp3) is 0.333. The third-order valence-electron chi connectivity index (χ3n) is 5.27. The molecule has 1 aliphatic rings. The summed E-state index contributed by atoms with van der Waals surface area (Å²) in [5.74, 6) is -0.0532. The Morgan fingerprint density at radius 3 is 2.57 bits per heavy atom. The van der Waals surface area contributed by atoms with Crippen LogP contribution >= 0.6 is 11.3 Å². The second kappa shape index (κ2) is 9.51. The predicted octanol–water partition coefficient (Wildman–Crippen LogP) is 4.24. The van der Waals surface area contributed by atoms with Gasteiger partial charge in [0.1, 0.15) is 5.01 Å². The first-order valence-electron chi connectivity index (χ1n) is 10.3. The first-order chi connectivity index (χ1) is 14.6. The molecule has 1 aliphatic heterocycles. The molecule has 0 bridgehead atoms. The van der Waals surface area contributed by atoms with Gasteiger partial charge in [-0.25, -0.2) is 4.98 Å². The van der Waals surface area contributed by atoms with Crippen molar-refractivity contribution < 1.29 is 9.53 Å². The monoisotopic (exact) mass is 421 g/mol. The first-order valence-corrected chi connectivity index (χ1v) is 11.2. The van der Waals surface area contributed by atoms with Crippen molar-refractivity contribution in [3.8, 4) is 21.7 Å². The Hall–Kier alpha value is -2.54. The number of thiazole rings is 1. The summed E-state index contributed by atoms with van der Waals surface area (Å²) in [7, 11) is 0. The third-order valence-corrected chi connectivity index (χ3v) is 6.09. The number of nitrogens with one attached hydrogen (secondary N) is 1. The first kappa shape index (κ1) is 20.7. The van der Waals surface area contributed by atoms with Crippen LogP contribution in [0.15, 0.2) is 54.0 Å². The molecule has 6 heteroatoms. The van der Waals surface area contributed by atoms with E-state index in [2.05, 4.69) is 59.4 Å². The molecule has 1 amide bonds. The zero-order chi connectivity index (χ0) is 20.9. The van der Waals surface area contributed by atoms with Gasteiger partial charge in [0.2, 0.25) is 0 Å². The van der Waals surface area contributed by atoms with Crippen molar-refractivity contribution >= 4 is 17.2 Å². The molecule has 2 aromatic carbocycles. The van der Waals surface area contributed by atoms with Crippen LogP contribution in [-0.2, 0) is 4.74 Å². The van der Waals surface area contributed by atoms with Gasteiger partial charge in [-0.1, -0.05) is 29.8 Å². The summed E-state index contributed by atoms with van der Waals surface area (Å²) in [6, 6.07) is 14.5. The van der Waals surface area contributed by atoms with E-state index in [1.165, 1.54) is 5.56 Å². The van der Waals surface area contributed by atoms with Gasteiger partial charge < -0.3 is 10.1 Å². The molecule has 1 atom stereocenters. The van der Waals surface area contributed by atoms with Gasteiger partial charge in [0.15, 0.2) is 0 Å². The lowest BCUT2D eigenvalue weighted by atomic mass is 9.98. The molecule has 0 aliphatic carbocycles. The number of amides is 1. The summed E-state index contributed by atoms with van der Waals surface area (Å²) in [6.07, 6.45) is 1.79. The van der Waals surface area contributed by atoms with E-state index < -0.39 is 0 Å². The fourth-order valence-corrected chi connectivity index (χ4v) is 4.31. The molecule has 5 nitrogen and oxygen atoms in total. The Morgan fingerprint density at radius 2 is 1.87 bits per heavy atom. The van der Waals surface area contributed by atoms with Crippen LogP contribution in [-0.4, -0.2) is 54.7 Å². The highest BCUT2D eigenvalue weighted by Crippen LogP contribution is 2.29. The fourth-order valence-electron chi connectivity index (χ4n) is 3.68. The highest BCUT2D eigenvalue weighted by Gasteiger charge is 2.17. The van der Waals surface area contributed by atoms with Crippen LogP contribution < -0.4 is 5.32 Å². The van der Waals surface area contributed by atoms with E-state index in [0.717, 1.165) is 54.5 Å². The topological polar surface area (TPSA) is 54.5 Å². The van der Waals surface area contributed by atoms with Gasteiger partial charge in [-0.15, -0.1) is 11.3 Å². The second-order valence-electron chi connectivity index (χ2n) is 7.79. The molecule has 1 unspecified atom stereocenters. The summed E-state index contributed by atoms with van der Waals surface area (Å²) in [6.45, 7) is 8.30. The molecule has 0 spiro atoms. The zero-order valence-corrected chi connectivity index (χ0v) is 18.2. The summed E-state index contributed by atoms with van der Waals surface area (Å²) >= 11 is 1.58. The number of ether oxygens (including phenoxy) is 1. The SMILES string of the molecule is Cc1ccc(-c2cc(C(=O)NC(C)CN3CCOCC3)cc(-c3nccs3)c2)cc1. The Bertz CT molecular complexity index is 980. The maximum Gasteiger partial charge on any atom is 0.251 e. The Kier molecular flexibility index (Phi) is 6.57. The lowest BCUT2D eigenvalue weighted by Crippen LogP contribution is -2.46. The van der Waals surface area contributed by atoms with E-state index in [9.17, 15) is 4.79 Å². The molecule has 4 rings (SSSR count). The lowest BCUT2D eigenvalue weighted by molar-refractivity contribution is 0.0342. The minimum absolute atomic E-state index is 0.0532. The summed E-state index contributed by atoms with van der Waals surface area (Å²) in [5.41, 5.74) is 4.95. The molecular weight excluding hydrogens is 394 g/mol. The molecule has 2 heterocycles. The van der Waals surface area contributed by atoms with Crippen molar-refractivity contribution in [2.24, 2.45) is 0 Å². The van der Waals surface area contributed by atoms with E-state index in [4.69, 9.17) is 4.74 Å². The van der Waals surface area contributed by atoms with E-state index in [0.29, 0.717) is 5.56 Å². The Balaban J connectivity index is 1.57. The van der Waals surface area contributed by atoms with Crippen molar-refractivity contribution in [1.29, 1.82) is 0 Å². The van der Waals surface area contributed by atoms with Crippen molar-refractivity contribution in [3.05, 3.63) is 65.2 Å². The van der Waals surface area contributed by atoms with Crippen molar-refractivity contribution in [2.75, 3.05) is 32.8 Å². The van der Waals surface area contributed by atoms with Crippen molar-refractivity contribution in [3.63, 3.8) is 0 Å². The number of hydrogen-bond acceptors (Lipinski definition) is 5. The lowest BCUT2D eigenvalue weighted by Gasteiger charge is -2.29. The highest BCUT2D eigenvalue weighted by atomic mass is 32.1. The van der Waals surface area contributed by atoms with E-state index in [1.54, 1.807) is 17.5 Å². The number of nitrogens with zero attached hydrogens (tertiary/aromatic N) is 2. The second-order valence-corrected chi connectivity index (χ2v) is 8.68. The minimum Gasteiger partial charge on any atom is -0.379 e. The van der Waals surface area contributed by atoms with E-state index in [1.807, 2.05) is 17.5 Å². The highest BCUT2D eigenvalue weighted by molar-refractivity contribution is 7.13. The average molecular weight is 422 g/mol. The molecule has 1 fully saturated rings. The van der Waals surface area contributed by atoms with E-state index >= 15 is 0 Å². The van der Waals surface area contributed by atoms with Gasteiger partial charge >= 0.3 is 0 Å². The molecule has 1 N–H and O–H groups in total. The maximum atomic E-state index is 13.1. The van der Waals surface area contributed by atoms with Gasteiger partial charge in [-0.3, -0.25) is 9.69 Å². The molecule has 3 aromatic rings. The third kappa shape index (κ3) is 5.14. The molecule has 1 saturated heterocycles. The molecule has 0 radical (unpaired) electrons. The molecule has 156 valence electrons. The zero-order valence-electron chi connectivity index (χ0n) is 17.4. The van der Waals surface area contributed by atoms with Crippen LogP contribution in [0.1, 0.15) is 22.8 Å². The van der Waals surface area contributed by atoms with Crippen LogP contribution in [0.5, 0.6) is 0 Å². The average Bonchev–Trinajstić information content (AvgIpc) is 3.29. The maximum absolute atomic E-state index is 13.1. The molecule has 30 heavy (non-hydrogen) atoms. The summed E-state index contributed by atoms with van der Waals surface area (Å²) in [4.78, 5) is 19.9. The van der Waals surface area contributed by atoms with Crippen LogP contribution in [0.4, 0.5) is 0 Å². The van der Waals surface area contributed by atoms with Gasteiger partial charge in [-0.2, -0.15) is 0 Å². The van der Waals surface area contributed by atoms with Gasteiger partial charge in [0.05, 0.1) is 13.2 Å². The summed E-state index contributed by atoms with van der Waals surface area (Å²) < 4.78 is 5.41. The van der Waals surface area contributed by atoms with Crippen LogP contribution in [0.2, 0.25) is 0 Å². The quantitative estimate of drug-likeness (QED) is 0.647. The number of aromatic nitrogens is 1. The normalized spacial score (nSPS) is 15.7. The number of rotatable bonds is 6. The van der Waals surface area contributed by atoms with Crippen LogP contribution in [0.3, 0.4) is 0 Å². The Labute approximate surface area is 181 Å². The largest absolute Gasteiger partial charge is 0.379 e. The smallest absolute Gasteiger partial charge is 0.251 e. The van der Waals surface area contributed by atoms with Crippen molar-refractivity contribution in [1.82, 2.24) is 15.2 Å². The number of aryl methyl sites for hydroxylation is 1. The number of morpholine rings is 1. The van der Waals surface area contributed by atoms with Gasteiger partial charge in [0, 0.05) is 48.4 Å². The van der Waals surface area contributed by atoms with Crippen LogP contribution in [0.25, 0.3) is 21.7 Å². The van der Waals surface area contributed by atoms with E-state index in [-0.39, 0.29) is 11.9 Å². The Morgan fingerprint density at radius 1 is 1.13 bits per heavy atom. The molecular formula is C24H27N3O2S. The number of benzene rings is 2. The minimum atomic E-state index is -0.0532. The molecule has 0 saturated carbocycles. The standard InChI is InChI=1S/C24H27N3O2S/c1-17-3-5-19(6-4-17)20-13-21(15-22(14-20)24-25-7-12-30-24)23(28)26-18(2)16-27-8-10-29-11-9-27/h3-7,12-15,18H,8-11,16H2,1-2H3,(H,26,28). The predicted molar refractivity (Wildman–Crippen MR) is 122 cm³/mol. The number of carbonyl (C=O) groups is 1. The molecule has 1 aromatic heterocycles. The van der Waals surface area contributed by atoms with Crippen molar-refractivity contribution in [2.45, 2.75) is 19.9 Å².